The summed E-state index contributed by atoms with van der Waals surface area (Å²) < 4.78 is 11.6. The Hall–Kier alpha value is -1.40. The van der Waals surface area contributed by atoms with Crippen LogP contribution in [0.2, 0.25) is 0 Å². The van der Waals surface area contributed by atoms with Crippen LogP contribution in [0.15, 0.2) is 27.1 Å². The molecule has 0 saturated heterocycles. The van der Waals surface area contributed by atoms with Crippen LogP contribution in [-0.2, 0) is 6.54 Å². The molecule has 1 aromatic heterocycles. The molecule has 6 heteroatoms. The molecule has 0 aliphatic heterocycles. The van der Waals surface area contributed by atoms with Crippen LogP contribution in [0.25, 0.3) is 11.5 Å². The normalized spacial score (nSPS) is 10.7. The van der Waals surface area contributed by atoms with Crippen molar-refractivity contribution >= 4 is 15.9 Å². The van der Waals surface area contributed by atoms with Gasteiger partial charge in [-0.05, 0) is 47.1 Å². The maximum absolute atomic E-state index is 5.60. The zero-order chi connectivity index (χ0) is 13.7. The molecule has 0 atom stereocenters. The minimum Gasteiger partial charge on any atom is -0.496 e. The Morgan fingerprint density at radius 2 is 2.21 bits per heavy atom. The van der Waals surface area contributed by atoms with Crippen LogP contribution < -0.4 is 10.1 Å². The highest BCUT2D eigenvalue weighted by Crippen LogP contribution is 2.29. The number of aromatic nitrogens is 2. The summed E-state index contributed by atoms with van der Waals surface area (Å²) in [5, 5.41) is 11.3. The smallest absolute Gasteiger partial charge is 0.247 e. The van der Waals surface area contributed by atoms with Crippen molar-refractivity contribution < 1.29 is 9.15 Å². The lowest BCUT2D eigenvalue weighted by atomic mass is 10.2. The van der Waals surface area contributed by atoms with Crippen LogP contribution >= 0.6 is 15.9 Å². The third kappa shape index (κ3) is 3.54. The average molecular weight is 326 g/mol. The fourth-order valence-electron chi connectivity index (χ4n) is 1.61. The summed E-state index contributed by atoms with van der Waals surface area (Å²) in [4.78, 5) is 0. The van der Waals surface area contributed by atoms with E-state index in [0.29, 0.717) is 18.3 Å². The molecule has 0 aliphatic carbocycles. The maximum Gasteiger partial charge on any atom is 0.247 e. The van der Waals surface area contributed by atoms with Gasteiger partial charge in [-0.15, -0.1) is 10.2 Å². The van der Waals surface area contributed by atoms with E-state index in [4.69, 9.17) is 9.15 Å². The van der Waals surface area contributed by atoms with Gasteiger partial charge in [-0.3, -0.25) is 0 Å². The molecular formula is C13H16BrN3O2. The number of nitrogens with zero attached hydrogens (tertiary/aromatic N) is 2. The number of hydrogen-bond acceptors (Lipinski definition) is 5. The molecular weight excluding hydrogens is 310 g/mol. The van der Waals surface area contributed by atoms with E-state index in [2.05, 4.69) is 38.4 Å². The number of rotatable bonds is 6. The summed E-state index contributed by atoms with van der Waals surface area (Å²) in [5.41, 5.74) is 0.863. The molecule has 0 fully saturated rings. The lowest BCUT2D eigenvalue weighted by Gasteiger charge is -2.03. The molecule has 2 aromatic rings. The summed E-state index contributed by atoms with van der Waals surface area (Å²) in [7, 11) is 1.63. The number of nitrogens with one attached hydrogen (secondary N) is 1. The van der Waals surface area contributed by atoms with E-state index >= 15 is 0 Å². The molecule has 1 heterocycles. The van der Waals surface area contributed by atoms with Gasteiger partial charge in [0, 0.05) is 5.56 Å². The molecule has 5 nitrogen and oxygen atoms in total. The summed E-state index contributed by atoms with van der Waals surface area (Å²) in [6, 6.07) is 5.65. The predicted molar refractivity (Wildman–Crippen MR) is 76.0 cm³/mol. The highest BCUT2D eigenvalue weighted by atomic mass is 79.9. The number of hydrogen-bond donors (Lipinski definition) is 1. The number of methoxy groups -OCH3 is 1. The molecule has 2 rings (SSSR count). The third-order valence-electron chi connectivity index (χ3n) is 2.57. The summed E-state index contributed by atoms with van der Waals surface area (Å²) in [5.74, 6) is 1.88. The zero-order valence-electron chi connectivity index (χ0n) is 10.9. The first kappa shape index (κ1) is 14.0. The van der Waals surface area contributed by atoms with E-state index in [1.165, 1.54) is 0 Å². The first-order chi connectivity index (χ1) is 9.24. The Bertz CT molecular complexity index is 542. The molecule has 0 radical (unpaired) electrons. The van der Waals surface area contributed by atoms with Crippen LogP contribution in [-0.4, -0.2) is 23.9 Å². The van der Waals surface area contributed by atoms with Crippen molar-refractivity contribution in [3.05, 3.63) is 28.6 Å². The van der Waals surface area contributed by atoms with Gasteiger partial charge in [0.25, 0.3) is 0 Å². The second-order valence-corrected chi connectivity index (χ2v) is 4.88. The van der Waals surface area contributed by atoms with E-state index in [0.717, 1.165) is 28.8 Å². The third-order valence-corrected chi connectivity index (χ3v) is 3.19. The Balaban J connectivity index is 2.11. The van der Waals surface area contributed by atoms with Crippen LogP contribution in [0.1, 0.15) is 19.2 Å². The van der Waals surface area contributed by atoms with E-state index in [1.54, 1.807) is 7.11 Å². The lowest BCUT2D eigenvalue weighted by molar-refractivity contribution is 0.412. The van der Waals surface area contributed by atoms with Gasteiger partial charge in [0.15, 0.2) is 0 Å². The van der Waals surface area contributed by atoms with Gasteiger partial charge in [0.05, 0.1) is 18.1 Å². The van der Waals surface area contributed by atoms with Crippen molar-refractivity contribution in [2.24, 2.45) is 0 Å². The first-order valence-corrected chi connectivity index (χ1v) is 6.91. The summed E-state index contributed by atoms with van der Waals surface area (Å²) in [6.45, 7) is 3.64. The monoisotopic (exact) mass is 325 g/mol. The molecule has 0 bridgehead atoms. The maximum atomic E-state index is 5.60. The van der Waals surface area contributed by atoms with Crippen molar-refractivity contribution in [2.45, 2.75) is 19.9 Å². The predicted octanol–water partition coefficient (Wildman–Crippen LogP) is 3.01. The molecule has 1 N–H and O–H groups in total. The van der Waals surface area contributed by atoms with Gasteiger partial charge in [-0.25, -0.2) is 0 Å². The van der Waals surface area contributed by atoms with Gasteiger partial charge in [-0.1, -0.05) is 6.92 Å². The summed E-state index contributed by atoms with van der Waals surface area (Å²) >= 11 is 3.44. The van der Waals surface area contributed by atoms with Gasteiger partial charge in [-0.2, -0.15) is 0 Å². The fourth-order valence-corrected chi connectivity index (χ4v) is 2.15. The highest BCUT2D eigenvalue weighted by molar-refractivity contribution is 9.10. The van der Waals surface area contributed by atoms with E-state index in [9.17, 15) is 0 Å². The Morgan fingerprint density at radius 3 is 2.89 bits per heavy atom. The number of ether oxygens (including phenoxy) is 1. The van der Waals surface area contributed by atoms with Crippen LogP contribution in [0.4, 0.5) is 0 Å². The van der Waals surface area contributed by atoms with Crippen molar-refractivity contribution in [3.63, 3.8) is 0 Å². The quantitative estimate of drug-likeness (QED) is 0.827. The van der Waals surface area contributed by atoms with E-state index < -0.39 is 0 Å². The van der Waals surface area contributed by atoms with Crippen molar-refractivity contribution in [3.8, 4) is 17.2 Å². The Labute approximate surface area is 120 Å². The lowest BCUT2D eigenvalue weighted by Crippen LogP contribution is -2.13. The largest absolute Gasteiger partial charge is 0.496 e. The number of benzene rings is 1. The average Bonchev–Trinajstić information content (AvgIpc) is 2.88. The second-order valence-electron chi connectivity index (χ2n) is 4.03. The highest BCUT2D eigenvalue weighted by Gasteiger charge is 2.10. The van der Waals surface area contributed by atoms with Crippen LogP contribution in [0.3, 0.4) is 0 Å². The zero-order valence-corrected chi connectivity index (χ0v) is 12.5. The molecule has 102 valence electrons. The first-order valence-electron chi connectivity index (χ1n) is 6.11. The van der Waals surface area contributed by atoms with Crippen molar-refractivity contribution in [1.82, 2.24) is 15.5 Å². The molecule has 1 aromatic carbocycles. The minimum atomic E-state index is 0.511. The number of halogens is 1. The topological polar surface area (TPSA) is 60.2 Å². The minimum absolute atomic E-state index is 0.511. The van der Waals surface area contributed by atoms with E-state index in [-0.39, 0.29) is 0 Å². The van der Waals surface area contributed by atoms with Gasteiger partial charge < -0.3 is 14.5 Å². The van der Waals surface area contributed by atoms with Crippen LogP contribution in [0.5, 0.6) is 5.75 Å². The Morgan fingerprint density at radius 1 is 1.37 bits per heavy atom. The molecule has 0 amide bonds. The molecule has 0 unspecified atom stereocenters. The standard InChI is InChI=1S/C13H16BrN3O2/c1-3-6-15-8-12-16-17-13(19-12)9-4-5-11(18-2)10(14)7-9/h4-5,7,15H,3,6,8H2,1-2H3. The second kappa shape index (κ2) is 6.68. The SMILES string of the molecule is CCCNCc1nnc(-c2ccc(OC)c(Br)c2)o1. The molecule has 0 spiro atoms. The van der Waals surface area contributed by atoms with E-state index in [1.807, 2.05) is 18.2 Å². The van der Waals surface area contributed by atoms with Gasteiger partial charge in [0.2, 0.25) is 11.8 Å². The molecule has 0 saturated carbocycles. The Kier molecular flexibility index (Phi) is 4.93. The fraction of sp³-hybridized carbons (Fsp3) is 0.385. The summed E-state index contributed by atoms with van der Waals surface area (Å²) in [6.07, 6.45) is 1.08. The van der Waals surface area contributed by atoms with Gasteiger partial charge >= 0.3 is 0 Å². The van der Waals surface area contributed by atoms with Gasteiger partial charge in [0.1, 0.15) is 5.75 Å². The van der Waals surface area contributed by atoms with Crippen LogP contribution in [0, 0.1) is 0 Å². The van der Waals surface area contributed by atoms with Crippen molar-refractivity contribution in [1.29, 1.82) is 0 Å². The molecule has 0 aliphatic rings. The molecule has 19 heavy (non-hydrogen) atoms. The van der Waals surface area contributed by atoms with Crippen molar-refractivity contribution in [2.75, 3.05) is 13.7 Å².